The van der Waals surface area contributed by atoms with Crippen molar-refractivity contribution in [1.29, 1.82) is 0 Å². The topological polar surface area (TPSA) is 92.4 Å². The van der Waals surface area contributed by atoms with Gasteiger partial charge in [-0.1, -0.05) is 33.1 Å². The van der Waals surface area contributed by atoms with Crippen molar-refractivity contribution in [3.63, 3.8) is 0 Å². The van der Waals surface area contributed by atoms with E-state index in [2.05, 4.69) is 5.32 Å². The lowest BCUT2D eigenvalue weighted by atomic mass is 9.71. The first-order valence-electron chi connectivity index (χ1n) is 7.12. The van der Waals surface area contributed by atoms with Gasteiger partial charge in [-0.2, -0.15) is 0 Å². The van der Waals surface area contributed by atoms with Gasteiger partial charge in [0.15, 0.2) is 0 Å². The van der Waals surface area contributed by atoms with Gasteiger partial charge in [0.05, 0.1) is 11.5 Å². The van der Waals surface area contributed by atoms with Crippen LogP contribution in [0.15, 0.2) is 0 Å². The predicted molar refractivity (Wildman–Crippen MR) is 73.6 cm³/mol. The van der Waals surface area contributed by atoms with Crippen LogP contribution in [-0.2, 0) is 9.59 Å². The highest BCUT2D eigenvalue weighted by Crippen LogP contribution is 2.36. The molecule has 5 heteroatoms. The molecule has 0 aromatic rings. The largest absolute Gasteiger partial charge is 0.481 e. The molecule has 1 amide bonds. The van der Waals surface area contributed by atoms with E-state index >= 15 is 0 Å². The maximum Gasteiger partial charge on any atom is 0.311 e. The van der Waals surface area contributed by atoms with Gasteiger partial charge in [0, 0.05) is 6.04 Å². The summed E-state index contributed by atoms with van der Waals surface area (Å²) in [5, 5.41) is 12.3. The fourth-order valence-corrected chi connectivity index (χ4v) is 2.60. The van der Waals surface area contributed by atoms with Crippen molar-refractivity contribution in [3.05, 3.63) is 0 Å². The molecule has 1 aliphatic carbocycles. The molecule has 0 spiro atoms. The molecule has 4 atom stereocenters. The summed E-state index contributed by atoms with van der Waals surface area (Å²) >= 11 is 0. The van der Waals surface area contributed by atoms with E-state index in [1.165, 1.54) is 0 Å². The van der Waals surface area contributed by atoms with Crippen molar-refractivity contribution < 1.29 is 14.7 Å². The number of rotatable bonds is 5. The molecule has 2 unspecified atom stereocenters. The van der Waals surface area contributed by atoms with Crippen LogP contribution in [-0.4, -0.2) is 29.1 Å². The van der Waals surface area contributed by atoms with Crippen LogP contribution in [0.2, 0.25) is 0 Å². The maximum atomic E-state index is 12.1. The minimum atomic E-state index is -0.872. The van der Waals surface area contributed by atoms with Crippen molar-refractivity contribution in [2.24, 2.45) is 17.1 Å². The quantitative estimate of drug-likeness (QED) is 0.706. The zero-order valence-corrected chi connectivity index (χ0v) is 12.1. The molecule has 1 aliphatic rings. The smallest absolute Gasteiger partial charge is 0.311 e. The second kappa shape index (κ2) is 6.37. The summed E-state index contributed by atoms with van der Waals surface area (Å²) in [4.78, 5) is 23.5. The Morgan fingerprint density at radius 1 is 1.47 bits per heavy atom. The molecule has 1 fully saturated rings. The Morgan fingerprint density at radius 2 is 2.11 bits per heavy atom. The first-order valence-corrected chi connectivity index (χ1v) is 7.12. The monoisotopic (exact) mass is 270 g/mol. The molecule has 0 saturated heterocycles. The van der Waals surface area contributed by atoms with E-state index in [9.17, 15) is 14.7 Å². The highest BCUT2D eigenvalue weighted by Gasteiger charge is 2.44. The molecule has 19 heavy (non-hydrogen) atoms. The summed E-state index contributed by atoms with van der Waals surface area (Å²) in [6, 6.07) is -0.883. The summed E-state index contributed by atoms with van der Waals surface area (Å²) < 4.78 is 0. The second-order valence-electron chi connectivity index (χ2n) is 5.94. The van der Waals surface area contributed by atoms with Crippen LogP contribution in [0.25, 0.3) is 0 Å². The number of hydrogen-bond acceptors (Lipinski definition) is 3. The number of carboxylic acid groups (broad SMARTS) is 1. The zero-order valence-electron chi connectivity index (χ0n) is 12.1. The average Bonchev–Trinajstić information content (AvgIpc) is 2.39. The molecule has 0 bridgehead atoms. The third kappa shape index (κ3) is 3.47. The third-order valence-corrected chi connectivity index (χ3v) is 4.57. The number of nitrogens with two attached hydrogens (primary N) is 1. The van der Waals surface area contributed by atoms with Gasteiger partial charge in [-0.25, -0.2) is 0 Å². The second-order valence-corrected chi connectivity index (χ2v) is 5.94. The van der Waals surface area contributed by atoms with Gasteiger partial charge < -0.3 is 16.2 Å². The molecule has 0 radical (unpaired) electrons. The summed E-state index contributed by atoms with van der Waals surface area (Å²) in [5.41, 5.74) is 5.02. The number of aliphatic carboxylic acids is 1. The Hall–Kier alpha value is -1.10. The number of hydrogen-bond donors (Lipinski definition) is 3. The Labute approximate surface area is 114 Å². The van der Waals surface area contributed by atoms with Crippen LogP contribution in [0.1, 0.15) is 52.9 Å². The standard InChI is InChI=1S/C14H26N2O3/c1-4-9(2)11(15)12(17)16-10-7-5-6-8-14(10,3)13(18)19/h9-11H,4-8,15H2,1-3H3,(H,16,17)(H,18,19)/t9-,10?,11-,14?/m0/s1. The van der Waals surface area contributed by atoms with E-state index in [0.717, 1.165) is 19.3 Å². The van der Waals surface area contributed by atoms with Crippen molar-refractivity contribution in [3.8, 4) is 0 Å². The van der Waals surface area contributed by atoms with Gasteiger partial charge in [0.1, 0.15) is 0 Å². The molecule has 0 aromatic heterocycles. The van der Waals surface area contributed by atoms with E-state index in [-0.39, 0.29) is 17.9 Å². The Balaban J connectivity index is 2.73. The zero-order chi connectivity index (χ0) is 14.6. The normalized spacial score (nSPS) is 30.4. The van der Waals surface area contributed by atoms with Crippen LogP contribution in [0.5, 0.6) is 0 Å². The SMILES string of the molecule is CC[C@H](C)[C@H](N)C(=O)NC1CCCCC1(C)C(=O)O. The van der Waals surface area contributed by atoms with E-state index in [0.29, 0.717) is 12.8 Å². The minimum absolute atomic E-state index is 0.0969. The van der Waals surface area contributed by atoms with Gasteiger partial charge in [-0.05, 0) is 25.7 Å². The third-order valence-electron chi connectivity index (χ3n) is 4.57. The Bertz CT molecular complexity index is 346. The predicted octanol–water partition coefficient (Wildman–Crippen LogP) is 1.51. The number of amides is 1. The van der Waals surface area contributed by atoms with Gasteiger partial charge in [-0.3, -0.25) is 9.59 Å². The number of carbonyl (C=O) groups is 2. The highest BCUT2D eigenvalue weighted by atomic mass is 16.4. The lowest BCUT2D eigenvalue weighted by molar-refractivity contribution is -0.152. The molecule has 4 N–H and O–H groups in total. The lowest BCUT2D eigenvalue weighted by Gasteiger charge is -2.39. The van der Waals surface area contributed by atoms with Crippen LogP contribution >= 0.6 is 0 Å². The van der Waals surface area contributed by atoms with Crippen LogP contribution in [0, 0.1) is 11.3 Å². The summed E-state index contributed by atoms with van der Waals surface area (Å²) in [6.07, 6.45) is 3.99. The molecule has 0 aliphatic heterocycles. The maximum absolute atomic E-state index is 12.1. The van der Waals surface area contributed by atoms with Crippen molar-refractivity contribution in [2.75, 3.05) is 0 Å². The van der Waals surface area contributed by atoms with E-state index in [4.69, 9.17) is 5.73 Å². The van der Waals surface area contributed by atoms with Crippen LogP contribution < -0.4 is 11.1 Å². The molecular formula is C14H26N2O3. The van der Waals surface area contributed by atoms with E-state index in [1.54, 1.807) is 6.92 Å². The van der Waals surface area contributed by atoms with Crippen LogP contribution in [0.3, 0.4) is 0 Å². The highest BCUT2D eigenvalue weighted by molar-refractivity contribution is 5.83. The fraction of sp³-hybridized carbons (Fsp3) is 0.857. The lowest BCUT2D eigenvalue weighted by Crippen LogP contribution is -2.56. The van der Waals surface area contributed by atoms with Crippen LogP contribution in [0.4, 0.5) is 0 Å². The molecular weight excluding hydrogens is 244 g/mol. The number of nitrogens with one attached hydrogen (secondary N) is 1. The molecule has 5 nitrogen and oxygen atoms in total. The Morgan fingerprint density at radius 3 is 2.63 bits per heavy atom. The van der Waals surface area contributed by atoms with Gasteiger partial charge in [-0.15, -0.1) is 0 Å². The average molecular weight is 270 g/mol. The van der Waals surface area contributed by atoms with Gasteiger partial charge >= 0.3 is 5.97 Å². The summed E-state index contributed by atoms with van der Waals surface area (Å²) in [7, 11) is 0. The molecule has 0 heterocycles. The number of carbonyl (C=O) groups excluding carboxylic acids is 1. The number of carboxylic acids is 1. The minimum Gasteiger partial charge on any atom is -0.481 e. The fourth-order valence-electron chi connectivity index (χ4n) is 2.60. The summed E-state index contributed by atoms with van der Waals surface area (Å²) in [6.45, 7) is 5.63. The molecule has 0 aromatic carbocycles. The van der Waals surface area contributed by atoms with E-state index in [1.807, 2.05) is 13.8 Å². The van der Waals surface area contributed by atoms with Crippen molar-refractivity contribution in [1.82, 2.24) is 5.32 Å². The summed E-state index contributed by atoms with van der Waals surface area (Å²) in [5.74, 6) is -0.969. The Kier molecular flexibility index (Phi) is 5.35. The molecule has 1 rings (SSSR count). The first-order chi connectivity index (χ1) is 8.82. The molecule has 110 valence electrons. The van der Waals surface area contributed by atoms with E-state index < -0.39 is 17.4 Å². The van der Waals surface area contributed by atoms with Gasteiger partial charge in [0.2, 0.25) is 5.91 Å². The van der Waals surface area contributed by atoms with Crippen molar-refractivity contribution >= 4 is 11.9 Å². The van der Waals surface area contributed by atoms with Gasteiger partial charge in [0.25, 0.3) is 0 Å². The van der Waals surface area contributed by atoms with Crippen molar-refractivity contribution in [2.45, 2.75) is 65.0 Å². The first kappa shape index (κ1) is 16.0. The molecule has 1 saturated carbocycles.